The Labute approximate surface area is 191 Å². The Balaban J connectivity index is 1.78. The third-order valence-electron chi connectivity index (χ3n) is 4.50. The number of nitro groups is 1. The smallest absolute Gasteiger partial charge is 0.387 e. The molecule has 4 aromatic rings. The Kier molecular flexibility index (Phi) is 6.19. The first kappa shape index (κ1) is 22.8. The average Bonchev–Trinajstić information content (AvgIpc) is 2.80. The number of non-ortho nitro benzene ring substituents is 1. The zero-order valence-electron chi connectivity index (χ0n) is 17.1. The van der Waals surface area contributed by atoms with Crippen molar-refractivity contribution < 1.29 is 26.9 Å². The number of nitro benzene ring substituents is 1. The molecule has 0 bridgehead atoms. The van der Waals surface area contributed by atoms with Gasteiger partial charge in [-0.2, -0.15) is 8.78 Å². The first-order chi connectivity index (χ1) is 16.2. The molecule has 0 aliphatic carbocycles. The van der Waals surface area contributed by atoms with Crippen molar-refractivity contribution in [3.63, 3.8) is 0 Å². The van der Waals surface area contributed by atoms with E-state index >= 15 is 0 Å². The lowest BCUT2D eigenvalue weighted by Crippen LogP contribution is -2.16. The van der Waals surface area contributed by atoms with Gasteiger partial charge in [0.25, 0.3) is 15.7 Å². The number of hydrogen-bond acceptors (Lipinski definition) is 8. The van der Waals surface area contributed by atoms with Crippen molar-refractivity contribution in [1.82, 2.24) is 9.97 Å². The summed E-state index contributed by atoms with van der Waals surface area (Å²) >= 11 is 0. The van der Waals surface area contributed by atoms with Gasteiger partial charge in [0, 0.05) is 12.1 Å². The average molecular weight is 487 g/mol. The van der Waals surface area contributed by atoms with Crippen LogP contribution in [0.4, 0.5) is 31.8 Å². The predicted molar refractivity (Wildman–Crippen MR) is 120 cm³/mol. The highest BCUT2D eigenvalue weighted by atomic mass is 32.2. The molecule has 0 saturated carbocycles. The largest absolute Gasteiger partial charge is 0.433 e. The van der Waals surface area contributed by atoms with E-state index in [0.717, 1.165) is 12.1 Å². The number of aromatic nitrogens is 2. The van der Waals surface area contributed by atoms with E-state index in [9.17, 15) is 27.3 Å². The monoisotopic (exact) mass is 487 g/mol. The van der Waals surface area contributed by atoms with Crippen molar-refractivity contribution in [3.8, 4) is 5.75 Å². The van der Waals surface area contributed by atoms with E-state index in [2.05, 4.69) is 24.7 Å². The zero-order chi connectivity index (χ0) is 24.3. The molecular formula is C21H15F2N5O5S. The first-order valence-corrected chi connectivity index (χ1v) is 11.1. The molecule has 0 aliphatic rings. The maximum atomic E-state index is 13.0. The van der Waals surface area contributed by atoms with E-state index in [0.29, 0.717) is 11.0 Å². The van der Waals surface area contributed by atoms with Crippen LogP contribution >= 0.6 is 0 Å². The van der Waals surface area contributed by atoms with Gasteiger partial charge in [-0.3, -0.25) is 14.8 Å². The lowest BCUT2D eigenvalue weighted by molar-refractivity contribution is -0.385. The predicted octanol–water partition coefficient (Wildman–Crippen LogP) is 4.68. The van der Waals surface area contributed by atoms with E-state index < -0.39 is 27.2 Å². The second-order valence-corrected chi connectivity index (χ2v) is 8.45. The molecule has 4 rings (SSSR count). The van der Waals surface area contributed by atoms with Crippen LogP contribution in [0.1, 0.15) is 0 Å². The van der Waals surface area contributed by atoms with Crippen molar-refractivity contribution in [1.29, 1.82) is 0 Å². The van der Waals surface area contributed by atoms with E-state index in [4.69, 9.17) is 0 Å². The van der Waals surface area contributed by atoms with Crippen molar-refractivity contribution in [3.05, 3.63) is 82.9 Å². The highest BCUT2D eigenvalue weighted by molar-refractivity contribution is 7.92. The van der Waals surface area contributed by atoms with Crippen LogP contribution in [0.25, 0.3) is 11.0 Å². The van der Waals surface area contributed by atoms with Gasteiger partial charge in [0.15, 0.2) is 11.6 Å². The number of fused-ring (bicyclic) bond motifs is 1. The van der Waals surface area contributed by atoms with Gasteiger partial charge in [0.1, 0.15) is 5.75 Å². The summed E-state index contributed by atoms with van der Waals surface area (Å²) in [5.41, 5.74) is 0.421. The molecule has 0 unspecified atom stereocenters. The zero-order valence-corrected chi connectivity index (χ0v) is 17.9. The second-order valence-electron chi connectivity index (χ2n) is 6.77. The number of benzene rings is 3. The van der Waals surface area contributed by atoms with Gasteiger partial charge in [-0.1, -0.05) is 30.3 Å². The molecule has 13 heteroatoms. The van der Waals surface area contributed by atoms with Crippen LogP contribution in [-0.4, -0.2) is 29.9 Å². The highest BCUT2D eigenvalue weighted by Crippen LogP contribution is 2.32. The summed E-state index contributed by atoms with van der Waals surface area (Å²) in [5.74, 6) is -0.546. The van der Waals surface area contributed by atoms with Gasteiger partial charge in [0.05, 0.1) is 26.5 Å². The maximum Gasteiger partial charge on any atom is 0.387 e. The van der Waals surface area contributed by atoms with Gasteiger partial charge in [-0.25, -0.2) is 18.4 Å². The number of nitrogens with zero attached hydrogens (tertiary/aromatic N) is 3. The molecule has 1 aromatic heterocycles. The Hall–Kier alpha value is -4.39. The third kappa shape index (κ3) is 4.99. The standard InChI is InChI=1S/C21H15F2N5O5S/c22-21(23)33-18-11-4-3-10-17(18)26-19-20(25-16-9-2-1-8-15(16)24-19)27-34(31,32)14-7-5-6-13(12-14)28(29)30/h1-12,21H,(H,24,26)(H,25,27). The molecule has 0 fully saturated rings. The molecule has 2 N–H and O–H groups in total. The van der Waals surface area contributed by atoms with Crippen molar-refractivity contribution in [2.75, 3.05) is 10.0 Å². The number of nitrogens with one attached hydrogen (secondary N) is 2. The molecule has 34 heavy (non-hydrogen) atoms. The van der Waals surface area contributed by atoms with E-state index in [1.54, 1.807) is 30.3 Å². The molecule has 1 heterocycles. The van der Waals surface area contributed by atoms with Crippen molar-refractivity contribution in [2.45, 2.75) is 11.5 Å². The Morgan fingerprint density at radius 2 is 1.56 bits per heavy atom. The highest BCUT2D eigenvalue weighted by Gasteiger charge is 2.22. The number of sulfonamides is 1. The fourth-order valence-corrected chi connectivity index (χ4v) is 4.05. The number of ether oxygens (including phenoxy) is 1. The van der Waals surface area contributed by atoms with Crippen molar-refractivity contribution in [2.24, 2.45) is 0 Å². The molecular weight excluding hydrogens is 472 g/mol. The number of anilines is 3. The quantitative estimate of drug-likeness (QED) is 0.270. The van der Waals surface area contributed by atoms with Crippen LogP contribution in [0.5, 0.6) is 5.75 Å². The normalized spacial score (nSPS) is 11.4. The molecule has 0 atom stereocenters. The topological polar surface area (TPSA) is 136 Å². The maximum absolute atomic E-state index is 13.0. The van der Waals surface area contributed by atoms with E-state index in [-0.39, 0.29) is 28.0 Å². The minimum absolute atomic E-state index is 0.0863. The van der Waals surface area contributed by atoms with Gasteiger partial charge < -0.3 is 10.1 Å². The van der Waals surface area contributed by atoms with Gasteiger partial charge in [-0.05, 0) is 30.3 Å². The van der Waals surface area contributed by atoms with Gasteiger partial charge in [-0.15, -0.1) is 0 Å². The molecule has 0 radical (unpaired) electrons. The van der Waals surface area contributed by atoms with Crippen LogP contribution in [0.15, 0.2) is 77.7 Å². The number of halogens is 2. The van der Waals surface area contributed by atoms with Crippen LogP contribution in [0, 0.1) is 10.1 Å². The summed E-state index contributed by atoms with van der Waals surface area (Å²) in [7, 11) is -4.33. The number of hydrogen-bond donors (Lipinski definition) is 2. The Morgan fingerprint density at radius 1 is 0.912 bits per heavy atom. The van der Waals surface area contributed by atoms with Crippen LogP contribution < -0.4 is 14.8 Å². The lowest BCUT2D eigenvalue weighted by atomic mass is 10.3. The first-order valence-electron chi connectivity index (χ1n) is 9.58. The summed E-state index contributed by atoms with van der Waals surface area (Å²) in [6.45, 7) is -3.09. The minimum Gasteiger partial charge on any atom is -0.433 e. The molecule has 0 amide bonds. The third-order valence-corrected chi connectivity index (χ3v) is 5.83. The number of rotatable bonds is 8. The molecule has 3 aromatic carbocycles. The van der Waals surface area contributed by atoms with E-state index in [1.807, 2.05) is 0 Å². The lowest BCUT2D eigenvalue weighted by Gasteiger charge is -2.16. The summed E-state index contributed by atoms with van der Waals surface area (Å²) in [4.78, 5) is 18.6. The van der Waals surface area contributed by atoms with Crippen LogP contribution in [0.3, 0.4) is 0 Å². The second kappa shape index (κ2) is 9.23. The fourth-order valence-electron chi connectivity index (χ4n) is 3.01. The molecule has 0 spiro atoms. The molecule has 10 nitrogen and oxygen atoms in total. The molecule has 0 aliphatic heterocycles. The van der Waals surface area contributed by atoms with Gasteiger partial charge in [0.2, 0.25) is 0 Å². The molecule has 0 saturated heterocycles. The molecule has 174 valence electrons. The number of alkyl halides is 2. The van der Waals surface area contributed by atoms with Crippen molar-refractivity contribution >= 4 is 44.1 Å². The van der Waals surface area contributed by atoms with Crippen LogP contribution in [-0.2, 0) is 10.0 Å². The summed E-state index contributed by atoms with van der Waals surface area (Å²) in [5, 5.41) is 13.8. The fraction of sp³-hybridized carbons (Fsp3) is 0.0476. The number of para-hydroxylation sites is 4. The Morgan fingerprint density at radius 3 is 2.24 bits per heavy atom. The summed E-state index contributed by atoms with van der Waals surface area (Å²) < 4.78 is 58.3. The SMILES string of the molecule is O=[N+]([O-])c1cccc(S(=O)(=O)Nc2nc3ccccc3nc2Nc2ccccc2OC(F)F)c1. The summed E-state index contributed by atoms with van der Waals surface area (Å²) in [6, 6.07) is 16.9. The summed E-state index contributed by atoms with van der Waals surface area (Å²) in [6.07, 6.45) is 0. The van der Waals surface area contributed by atoms with Crippen LogP contribution in [0.2, 0.25) is 0 Å². The van der Waals surface area contributed by atoms with E-state index in [1.165, 1.54) is 30.3 Å². The van der Waals surface area contributed by atoms with Gasteiger partial charge >= 0.3 is 6.61 Å². The Bertz CT molecular complexity index is 1480. The minimum atomic E-state index is -4.33.